The molecule has 0 bridgehead atoms. The van der Waals surface area contributed by atoms with E-state index < -0.39 is 0 Å². The second kappa shape index (κ2) is 12.8. The number of para-hydroxylation sites is 2. The van der Waals surface area contributed by atoms with Crippen LogP contribution in [0.1, 0.15) is 42.5 Å². The first-order valence-electron chi connectivity index (χ1n) is 13.1. The van der Waals surface area contributed by atoms with Gasteiger partial charge in [0.25, 0.3) is 0 Å². The number of hydrogen-bond acceptors (Lipinski definition) is 6. The van der Waals surface area contributed by atoms with E-state index in [2.05, 4.69) is 14.9 Å². The molecule has 2 aromatic heterocycles. The molecule has 0 radical (unpaired) electrons. The molecule has 4 aromatic rings. The lowest BCUT2D eigenvalue weighted by Crippen LogP contribution is -2.32. The lowest BCUT2D eigenvalue weighted by Gasteiger charge is -2.27. The zero-order chi connectivity index (χ0) is 26.0. The van der Waals surface area contributed by atoms with Crippen molar-refractivity contribution in [1.82, 2.24) is 14.9 Å². The summed E-state index contributed by atoms with van der Waals surface area (Å²) in [6.45, 7) is 2.03. The van der Waals surface area contributed by atoms with Gasteiger partial charge in [-0.1, -0.05) is 42.8 Å². The van der Waals surface area contributed by atoms with Crippen LogP contribution in [0.4, 0.5) is 4.39 Å². The number of fused-ring (bicyclic) bond motifs is 2. The van der Waals surface area contributed by atoms with Gasteiger partial charge in [-0.15, -0.1) is 0 Å². The van der Waals surface area contributed by atoms with Crippen molar-refractivity contribution in [3.05, 3.63) is 114 Å². The molecule has 2 aromatic carbocycles. The van der Waals surface area contributed by atoms with Gasteiger partial charge in [0.1, 0.15) is 11.7 Å². The van der Waals surface area contributed by atoms with Crippen LogP contribution in [0.25, 0.3) is 0 Å². The highest BCUT2D eigenvalue weighted by atomic mass is 19.1. The molecule has 194 valence electrons. The molecule has 0 saturated carbocycles. The van der Waals surface area contributed by atoms with Crippen molar-refractivity contribution in [3.63, 3.8) is 0 Å². The lowest BCUT2D eigenvalue weighted by atomic mass is 10.1. The Hall–Kier alpha value is -4.26. The molecule has 7 heteroatoms. The summed E-state index contributed by atoms with van der Waals surface area (Å²) in [5.74, 6) is 2.12. The van der Waals surface area contributed by atoms with Crippen LogP contribution in [0.15, 0.2) is 96.2 Å². The van der Waals surface area contributed by atoms with Gasteiger partial charge in [0.15, 0.2) is 11.5 Å². The number of ether oxygens (including phenoxy) is 2. The maximum Gasteiger partial charge on any atom is 0.230 e. The van der Waals surface area contributed by atoms with Crippen molar-refractivity contribution >= 4 is 5.84 Å². The molecular formula is C31H31FN4O2. The summed E-state index contributed by atoms with van der Waals surface area (Å²) in [7, 11) is 0. The molecule has 0 aliphatic carbocycles. The van der Waals surface area contributed by atoms with Crippen LogP contribution in [0.2, 0.25) is 0 Å². The Morgan fingerprint density at radius 2 is 1.53 bits per heavy atom. The fourth-order valence-corrected chi connectivity index (χ4v) is 4.42. The second-order valence-electron chi connectivity index (χ2n) is 9.14. The van der Waals surface area contributed by atoms with Gasteiger partial charge < -0.3 is 14.4 Å². The highest BCUT2D eigenvalue weighted by molar-refractivity contribution is 6.00. The van der Waals surface area contributed by atoms with E-state index >= 15 is 0 Å². The van der Waals surface area contributed by atoms with Crippen LogP contribution in [0.3, 0.4) is 0 Å². The van der Waals surface area contributed by atoms with Gasteiger partial charge >= 0.3 is 0 Å². The third-order valence-corrected chi connectivity index (χ3v) is 6.34. The number of halogens is 1. The van der Waals surface area contributed by atoms with Gasteiger partial charge in [0, 0.05) is 31.0 Å². The SMILES string of the molecule is Fc1ccccc1CN(Cc1ccccn1)C1=NCCCCCCOc2ccccc2Oc2ncccc21. The summed E-state index contributed by atoms with van der Waals surface area (Å²) in [5.41, 5.74) is 2.17. The van der Waals surface area contributed by atoms with Crippen molar-refractivity contribution in [1.29, 1.82) is 0 Å². The fraction of sp³-hybridized carbons (Fsp3) is 0.258. The average Bonchev–Trinajstić information content (AvgIpc) is 2.95. The average molecular weight is 511 g/mol. The first kappa shape index (κ1) is 25.4. The Balaban J connectivity index is 1.58. The molecule has 0 unspecified atom stereocenters. The molecule has 0 fully saturated rings. The third-order valence-electron chi connectivity index (χ3n) is 6.34. The minimum atomic E-state index is -0.256. The first-order chi connectivity index (χ1) is 18.8. The molecule has 38 heavy (non-hydrogen) atoms. The standard InChI is InChI=1S/C31H31FN4O2/c32-27-15-4-3-12-24(27)22-36(23-25-13-7-9-18-33-25)30-26-14-11-20-35-31(26)38-29-17-6-5-16-28(29)37-21-10-2-1-8-19-34-30/h3-7,9,11-18,20H,1-2,8,10,19,21-23H2. The van der Waals surface area contributed by atoms with E-state index in [1.54, 1.807) is 24.5 Å². The molecule has 1 aliphatic rings. The number of benzene rings is 2. The Morgan fingerprint density at radius 3 is 2.39 bits per heavy atom. The fourth-order valence-electron chi connectivity index (χ4n) is 4.42. The second-order valence-corrected chi connectivity index (χ2v) is 9.14. The van der Waals surface area contributed by atoms with Gasteiger partial charge in [0.05, 0.1) is 24.4 Å². The Labute approximate surface area is 222 Å². The molecule has 0 atom stereocenters. The van der Waals surface area contributed by atoms with Gasteiger partial charge in [0.2, 0.25) is 5.88 Å². The monoisotopic (exact) mass is 510 g/mol. The van der Waals surface area contributed by atoms with E-state index in [4.69, 9.17) is 14.5 Å². The molecule has 6 nitrogen and oxygen atoms in total. The zero-order valence-electron chi connectivity index (χ0n) is 21.3. The van der Waals surface area contributed by atoms with Crippen molar-refractivity contribution in [3.8, 4) is 17.4 Å². The van der Waals surface area contributed by atoms with Crippen molar-refractivity contribution in [2.45, 2.75) is 38.8 Å². The van der Waals surface area contributed by atoms with E-state index in [0.717, 1.165) is 36.9 Å². The molecule has 3 heterocycles. The minimum Gasteiger partial charge on any atom is -0.490 e. The van der Waals surface area contributed by atoms with Crippen LogP contribution in [-0.4, -0.2) is 33.9 Å². The summed E-state index contributed by atoms with van der Waals surface area (Å²) in [4.78, 5) is 16.2. The molecule has 0 spiro atoms. The Morgan fingerprint density at radius 1 is 0.737 bits per heavy atom. The van der Waals surface area contributed by atoms with Crippen LogP contribution >= 0.6 is 0 Å². The predicted octanol–water partition coefficient (Wildman–Crippen LogP) is 6.81. The summed E-state index contributed by atoms with van der Waals surface area (Å²) in [5, 5.41) is 0. The largest absolute Gasteiger partial charge is 0.490 e. The van der Waals surface area contributed by atoms with Gasteiger partial charge in [-0.3, -0.25) is 9.98 Å². The highest BCUT2D eigenvalue weighted by Crippen LogP contribution is 2.33. The van der Waals surface area contributed by atoms with Crippen LogP contribution in [0, 0.1) is 5.82 Å². The molecule has 0 N–H and O–H groups in total. The molecule has 5 rings (SSSR count). The zero-order valence-corrected chi connectivity index (χ0v) is 21.3. The number of hydrogen-bond donors (Lipinski definition) is 0. The van der Waals surface area contributed by atoms with Crippen molar-refractivity contribution in [2.75, 3.05) is 13.2 Å². The summed E-state index contributed by atoms with van der Waals surface area (Å²) < 4.78 is 27.2. The molecule has 1 aliphatic heterocycles. The number of aromatic nitrogens is 2. The summed E-state index contributed by atoms with van der Waals surface area (Å²) in [6, 6.07) is 24.1. The van der Waals surface area contributed by atoms with E-state index in [9.17, 15) is 4.39 Å². The highest BCUT2D eigenvalue weighted by Gasteiger charge is 2.22. The predicted molar refractivity (Wildman–Crippen MR) is 146 cm³/mol. The number of pyridine rings is 2. The van der Waals surface area contributed by atoms with Crippen molar-refractivity contribution < 1.29 is 13.9 Å². The Bertz CT molecular complexity index is 1360. The summed E-state index contributed by atoms with van der Waals surface area (Å²) >= 11 is 0. The van der Waals surface area contributed by atoms with Gasteiger partial charge in [-0.2, -0.15) is 0 Å². The maximum absolute atomic E-state index is 14.8. The quantitative estimate of drug-likeness (QED) is 0.302. The van der Waals surface area contributed by atoms with Crippen LogP contribution < -0.4 is 9.47 Å². The molecular weight excluding hydrogens is 479 g/mol. The van der Waals surface area contributed by atoms with Gasteiger partial charge in [-0.25, -0.2) is 9.37 Å². The van der Waals surface area contributed by atoms with Crippen molar-refractivity contribution in [2.24, 2.45) is 4.99 Å². The Kier molecular flexibility index (Phi) is 8.56. The van der Waals surface area contributed by atoms with Gasteiger partial charge in [-0.05, 0) is 61.7 Å². The van der Waals surface area contributed by atoms with Crippen LogP contribution in [-0.2, 0) is 13.1 Å². The first-order valence-corrected chi connectivity index (χ1v) is 13.1. The van der Waals surface area contributed by atoms with Crippen LogP contribution in [0.5, 0.6) is 17.4 Å². The third kappa shape index (κ3) is 6.54. The topological polar surface area (TPSA) is 59.8 Å². The lowest BCUT2D eigenvalue weighted by molar-refractivity contribution is 0.290. The van der Waals surface area contributed by atoms with E-state index in [-0.39, 0.29) is 5.82 Å². The minimum absolute atomic E-state index is 0.256. The normalized spacial score (nSPS) is 14.1. The van der Waals surface area contributed by atoms with E-state index in [0.29, 0.717) is 55.0 Å². The summed E-state index contributed by atoms with van der Waals surface area (Å²) in [6.07, 6.45) is 7.46. The number of aliphatic imine (C=N–C) groups is 1. The van der Waals surface area contributed by atoms with E-state index in [1.165, 1.54) is 6.07 Å². The molecule has 0 saturated heterocycles. The smallest absolute Gasteiger partial charge is 0.230 e. The number of nitrogens with zero attached hydrogens (tertiary/aromatic N) is 4. The number of rotatable bonds is 4. The number of amidine groups is 1. The molecule has 0 amide bonds. The maximum atomic E-state index is 14.8. The van der Waals surface area contributed by atoms with E-state index in [1.807, 2.05) is 60.7 Å².